The summed E-state index contributed by atoms with van der Waals surface area (Å²) in [5, 5.41) is 5.33. The van der Waals surface area contributed by atoms with E-state index in [-0.39, 0.29) is 5.41 Å². The van der Waals surface area contributed by atoms with E-state index in [9.17, 15) is 9.59 Å². The molecule has 0 radical (unpaired) electrons. The van der Waals surface area contributed by atoms with Crippen LogP contribution in [0.25, 0.3) is 0 Å². The van der Waals surface area contributed by atoms with Crippen molar-refractivity contribution in [3.05, 3.63) is 59.7 Å². The van der Waals surface area contributed by atoms with E-state index in [1.165, 1.54) is 0 Å². The van der Waals surface area contributed by atoms with Gasteiger partial charge in [0.05, 0.1) is 12.8 Å². The molecule has 0 aliphatic rings. The number of imide groups is 1. The Morgan fingerprint density at radius 2 is 1.73 bits per heavy atom. The zero-order valence-electron chi connectivity index (χ0n) is 15.5. The molecule has 2 rings (SSSR count). The summed E-state index contributed by atoms with van der Waals surface area (Å²) in [5.74, 6) is 0.0673. The Hall–Kier alpha value is -3.02. The lowest BCUT2D eigenvalue weighted by Crippen LogP contribution is -2.40. The van der Waals surface area contributed by atoms with Gasteiger partial charge in [-0.2, -0.15) is 0 Å². The predicted molar refractivity (Wildman–Crippen MR) is 102 cm³/mol. The molecule has 3 amide bonds. The van der Waals surface area contributed by atoms with Crippen LogP contribution < -0.4 is 21.1 Å². The minimum Gasteiger partial charge on any atom is -0.495 e. The first-order valence-electron chi connectivity index (χ1n) is 8.32. The topological polar surface area (TPSA) is 93.4 Å². The minimum absolute atomic E-state index is 0.0690. The second kappa shape index (κ2) is 7.91. The van der Waals surface area contributed by atoms with E-state index in [0.29, 0.717) is 17.0 Å². The third kappa shape index (κ3) is 4.75. The van der Waals surface area contributed by atoms with E-state index in [4.69, 9.17) is 10.5 Å². The van der Waals surface area contributed by atoms with Gasteiger partial charge in [0, 0.05) is 0 Å². The highest BCUT2D eigenvalue weighted by atomic mass is 16.5. The summed E-state index contributed by atoms with van der Waals surface area (Å²) in [6.45, 7) is 6.31. The molecule has 0 unspecified atom stereocenters. The zero-order valence-corrected chi connectivity index (χ0v) is 15.5. The van der Waals surface area contributed by atoms with E-state index in [1.54, 1.807) is 19.2 Å². The van der Waals surface area contributed by atoms with Gasteiger partial charge < -0.3 is 15.8 Å². The van der Waals surface area contributed by atoms with Gasteiger partial charge in [-0.15, -0.1) is 0 Å². The van der Waals surface area contributed by atoms with Crippen LogP contribution in [0.15, 0.2) is 48.5 Å². The smallest absolute Gasteiger partial charge is 0.318 e. The number of ether oxygens (including phenoxy) is 1. The normalized spacial score (nSPS) is 12.2. The quantitative estimate of drug-likeness (QED) is 0.767. The molecule has 138 valence electrons. The fourth-order valence-electron chi connectivity index (χ4n) is 2.58. The van der Waals surface area contributed by atoms with Crippen LogP contribution in [0, 0.1) is 0 Å². The maximum atomic E-state index is 12.5. The highest BCUT2D eigenvalue weighted by Crippen LogP contribution is 2.33. The molecule has 1 atom stereocenters. The van der Waals surface area contributed by atoms with Gasteiger partial charge >= 0.3 is 6.03 Å². The number of nitrogens with two attached hydrogens (primary N) is 1. The summed E-state index contributed by atoms with van der Waals surface area (Å²) in [5.41, 5.74) is 7.50. The Morgan fingerprint density at radius 3 is 2.27 bits per heavy atom. The SMILES string of the molecule is COc1ccc(C(C)(C)C)cc1N[C@@H](C(=O)NC(N)=O)c1ccccc1. The lowest BCUT2D eigenvalue weighted by molar-refractivity contribution is -0.120. The zero-order chi connectivity index (χ0) is 19.3. The van der Waals surface area contributed by atoms with Gasteiger partial charge in [-0.25, -0.2) is 4.79 Å². The molecular weight excluding hydrogens is 330 g/mol. The van der Waals surface area contributed by atoms with Crippen molar-refractivity contribution < 1.29 is 14.3 Å². The Bertz CT molecular complexity index is 783. The average molecular weight is 355 g/mol. The van der Waals surface area contributed by atoms with E-state index in [2.05, 4.69) is 31.4 Å². The number of hydrogen-bond acceptors (Lipinski definition) is 4. The third-order valence-electron chi connectivity index (χ3n) is 4.01. The number of urea groups is 1. The Morgan fingerprint density at radius 1 is 1.08 bits per heavy atom. The van der Waals surface area contributed by atoms with Crippen LogP contribution in [0.3, 0.4) is 0 Å². The molecule has 0 aromatic heterocycles. The van der Waals surface area contributed by atoms with Gasteiger partial charge in [0.15, 0.2) is 0 Å². The Kier molecular flexibility index (Phi) is 5.87. The van der Waals surface area contributed by atoms with Crippen molar-refractivity contribution >= 4 is 17.6 Å². The number of hydrogen-bond donors (Lipinski definition) is 3. The van der Waals surface area contributed by atoms with E-state index < -0.39 is 18.0 Å². The van der Waals surface area contributed by atoms with E-state index in [1.807, 2.05) is 36.4 Å². The van der Waals surface area contributed by atoms with Crippen molar-refractivity contribution in [2.75, 3.05) is 12.4 Å². The second-order valence-electron chi connectivity index (χ2n) is 7.01. The first kappa shape index (κ1) is 19.3. The van der Waals surface area contributed by atoms with Crippen molar-refractivity contribution in [1.29, 1.82) is 0 Å². The number of methoxy groups -OCH3 is 1. The summed E-state index contributed by atoms with van der Waals surface area (Å²) in [6.07, 6.45) is 0. The monoisotopic (exact) mass is 355 g/mol. The molecule has 26 heavy (non-hydrogen) atoms. The number of anilines is 1. The van der Waals surface area contributed by atoms with Crippen molar-refractivity contribution in [2.45, 2.75) is 32.2 Å². The lowest BCUT2D eigenvalue weighted by atomic mass is 9.86. The Labute approximate surface area is 153 Å². The van der Waals surface area contributed by atoms with Crippen LogP contribution in [0.1, 0.15) is 37.9 Å². The van der Waals surface area contributed by atoms with Gasteiger partial charge in [0.25, 0.3) is 5.91 Å². The summed E-state index contributed by atoms with van der Waals surface area (Å²) < 4.78 is 5.42. The number of amides is 3. The molecule has 0 fully saturated rings. The van der Waals surface area contributed by atoms with Crippen molar-refractivity contribution in [3.8, 4) is 5.75 Å². The van der Waals surface area contributed by atoms with Crippen molar-refractivity contribution in [1.82, 2.24) is 5.32 Å². The fraction of sp³-hybridized carbons (Fsp3) is 0.300. The lowest BCUT2D eigenvalue weighted by Gasteiger charge is -2.24. The summed E-state index contributed by atoms with van der Waals surface area (Å²) >= 11 is 0. The molecule has 0 bridgehead atoms. The highest BCUT2D eigenvalue weighted by molar-refractivity contribution is 5.98. The molecule has 2 aromatic carbocycles. The molecule has 0 saturated carbocycles. The van der Waals surface area contributed by atoms with Crippen LogP contribution in [0.2, 0.25) is 0 Å². The molecule has 0 spiro atoms. The number of carbonyl (C=O) groups excluding carboxylic acids is 2. The van der Waals surface area contributed by atoms with Gasteiger partial charge in [0.2, 0.25) is 0 Å². The Balaban J connectivity index is 2.44. The molecule has 0 aliphatic heterocycles. The van der Waals surface area contributed by atoms with E-state index >= 15 is 0 Å². The largest absolute Gasteiger partial charge is 0.495 e. The fourth-order valence-corrected chi connectivity index (χ4v) is 2.58. The van der Waals surface area contributed by atoms with E-state index in [0.717, 1.165) is 5.56 Å². The molecular formula is C20H25N3O3. The van der Waals surface area contributed by atoms with Gasteiger partial charge in [0.1, 0.15) is 11.8 Å². The van der Waals surface area contributed by atoms with Crippen molar-refractivity contribution in [3.63, 3.8) is 0 Å². The number of benzene rings is 2. The van der Waals surface area contributed by atoms with Crippen LogP contribution >= 0.6 is 0 Å². The minimum atomic E-state index is -0.895. The van der Waals surface area contributed by atoms with Crippen LogP contribution in [-0.2, 0) is 10.2 Å². The molecule has 0 saturated heterocycles. The molecule has 6 nitrogen and oxygen atoms in total. The van der Waals surface area contributed by atoms with Crippen molar-refractivity contribution in [2.24, 2.45) is 5.73 Å². The molecule has 0 aliphatic carbocycles. The standard InChI is InChI=1S/C20H25N3O3/c1-20(2,3)14-10-11-16(26-4)15(12-14)22-17(18(24)23-19(21)25)13-8-6-5-7-9-13/h5-12,17,22H,1-4H3,(H3,21,23,24,25)/t17-/m1/s1. The number of nitrogens with one attached hydrogen (secondary N) is 2. The summed E-state index contributed by atoms with van der Waals surface area (Å²) in [4.78, 5) is 23.7. The average Bonchev–Trinajstić information content (AvgIpc) is 2.58. The number of primary amides is 1. The predicted octanol–water partition coefficient (Wildman–Crippen LogP) is 3.34. The number of carbonyl (C=O) groups is 2. The van der Waals surface area contributed by atoms with Gasteiger partial charge in [-0.1, -0.05) is 57.2 Å². The molecule has 0 heterocycles. The highest BCUT2D eigenvalue weighted by Gasteiger charge is 2.24. The first-order chi connectivity index (χ1) is 12.2. The van der Waals surface area contributed by atoms with Crippen LogP contribution in [0.4, 0.5) is 10.5 Å². The first-order valence-corrected chi connectivity index (χ1v) is 8.32. The molecule has 6 heteroatoms. The molecule has 4 N–H and O–H groups in total. The van der Waals surface area contributed by atoms with Gasteiger partial charge in [-0.05, 0) is 28.7 Å². The number of rotatable bonds is 5. The summed E-state index contributed by atoms with van der Waals surface area (Å²) in [7, 11) is 1.57. The maximum absolute atomic E-state index is 12.5. The summed E-state index contributed by atoms with van der Waals surface area (Å²) in [6, 6.07) is 13.2. The third-order valence-corrected chi connectivity index (χ3v) is 4.01. The maximum Gasteiger partial charge on any atom is 0.318 e. The molecule has 2 aromatic rings. The second-order valence-corrected chi connectivity index (χ2v) is 7.01. The van der Waals surface area contributed by atoms with Crippen LogP contribution in [-0.4, -0.2) is 19.0 Å². The van der Waals surface area contributed by atoms with Gasteiger partial charge in [-0.3, -0.25) is 10.1 Å². The van der Waals surface area contributed by atoms with Crippen LogP contribution in [0.5, 0.6) is 5.75 Å².